The fourth-order valence-electron chi connectivity index (χ4n) is 2.40. The van der Waals surface area contributed by atoms with Gasteiger partial charge >= 0.3 is 0 Å². The smallest absolute Gasteiger partial charge is 0.230 e. The van der Waals surface area contributed by atoms with Crippen molar-refractivity contribution >= 4 is 28.4 Å². The Labute approximate surface area is 144 Å². The number of rotatable bonds is 6. The summed E-state index contributed by atoms with van der Waals surface area (Å²) in [6.07, 6.45) is 1.50. The maximum atomic E-state index is 12.0. The van der Waals surface area contributed by atoms with Crippen LogP contribution in [-0.4, -0.2) is 23.3 Å². The number of nitrogens with one attached hydrogen (secondary N) is 1. The van der Waals surface area contributed by atoms with Gasteiger partial charge < -0.3 is 14.8 Å². The van der Waals surface area contributed by atoms with E-state index < -0.39 is 5.60 Å². The molecule has 1 amide bonds. The van der Waals surface area contributed by atoms with E-state index in [-0.39, 0.29) is 12.5 Å². The predicted octanol–water partition coefficient (Wildman–Crippen LogP) is 3.55. The Morgan fingerprint density at radius 3 is 2.71 bits per heavy atom. The zero-order chi connectivity index (χ0) is 17.0. The average molecular weight is 341 g/mol. The van der Waals surface area contributed by atoms with Gasteiger partial charge in [-0.25, -0.2) is 0 Å². The van der Waals surface area contributed by atoms with Crippen LogP contribution in [0.25, 0.3) is 10.8 Å². The number of carbonyl (C=O) groups is 1. The van der Waals surface area contributed by atoms with Gasteiger partial charge in [-0.2, -0.15) is 0 Å². The molecular weight excluding hydrogens is 322 g/mol. The van der Waals surface area contributed by atoms with Gasteiger partial charge in [0.1, 0.15) is 11.4 Å². The zero-order valence-electron chi connectivity index (χ0n) is 13.4. The molecule has 1 aromatic heterocycles. The van der Waals surface area contributed by atoms with Crippen LogP contribution in [0.5, 0.6) is 0 Å². The van der Waals surface area contributed by atoms with E-state index in [0.717, 1.165) is 10.3 Å². The van der Waals surface area contributed by atoms with Gasteiger partial charge in [0.25, 0.3) is 0 Å². The van der Waals surface area contributed by atoms with Crippen molar-refractivity contribution < 1.29 is 14.3 Å². The summed E-state index contributed by atoms with van der Waals surface area (Å²) in [5, 5.41) is 15.4. The molecule has 2 aromatic carbocycles. The van der Waals surface area contributed by atoms with E-state index >= 15 is 0 Å². The van der Waals surface area contributed by atoms with E-state index in [1.807, 2.05) is 18.2 Å². The molecule has 3 aromatic rings. The van der Waals surface area contributed by atoms with Crippen LogP contribution in [0.2, 0.25) is 0 Å². The Kier molecular flexibility index (Phi) is 4.92. The monoisotopic (exact) mass is 341 g/mol. The van der Waals surface area contributed by atoms with Crippen LogP contribution in [0.1, 0.15) is 12.7 Å². The van der Waals surface area contributed by atoms with Gasteiger partial charge in [0.2, 0.25) is 5.91 Å². The highest BCUT2D eigenvalue weighted by atomic mass is 32.2. The maximum Gasteiger partial charge on any atom is 0.230 e. The Hall–Kier alpha value is -2.24. The quantitative estimate of drug-likeness (QED) is 0.673. The molecule has 2 N–H and O–H groups in total. The van der Waals surface area contributed by atoms with Crippen molar-refractivity contribution in [3.8, 4) is 0 Å². The van der Waals surface area contributed by atoms with Crippen molar-refractivity contribution in [2.75, 3.05) is 12.3 Å². The van der Waals surface area contributed by atoms with E-state index in [2.05, 4.69) is 29.6 Å². The van der Waals surface area contributed by atoms with Crippen LogP contribution in [-0.2, 0) is 10.4 Å². The van der Waals surface area contributed by atoms with Crippen molar-refractivity contribution in [2.24, 2.45) is 0 Å². The second-order valence-electron chi connectivity index (χ2n) is 5.83. The minimum atomic E-state index is -1.22. The first-order valence-corrected chi connectivity index (χ1v) is 8.68. The third-order valence-electron chi connectivity index (χ3n) is 3.77. The van der Waals surface area contributed by atoms with Gasteiger partial charge in [0, 0.05) is 4.90 Å². The number of hydrogen-bond acceptors (Lipinski definition) is 4. The molecule has 4 nitrogen and oxygen atoms in total. The molecule has 5 heteroatoms. The van der Waals surface area contributed by atoms with Gasteiger partial charge in [-0.1, -0.05) is 30.3 Å². The molecular formula is C19H19NO3S. The molecule has 0 saturated heterocycles. The summed E-state index contributed by atoms with van der Waals surface area (Å²) < 4.78 is 5.19. The third kappa shape index (κ3) is 3.99. The van der Waals surface area contributed by atoms with E-state index in [0.29, 0.717) is 11.5 Å². The number of furan rings is 1. The third-order valence-corrected chi connectivity index (χ3v) is 4.77. The number of aliphatic hydroxyl groups is 1. The van der Waals surface area contributed by atoms with E-state index in [1.165, 1.54) is 23.4 Å². The van der Waals surface area contributed by atoms with E-state index in [1.54, 1.807) is 19.1 Å². The largest absolute Gasteiger partial charge is 0.466 e. The highest BCUT2D eigenvalue weighted by molar-refractivity contribution is 8.00. The van der Waals surface area contributed by atoms with Gasteiger partial charge in [0.15, 0.2) is 0 Å². The Balaban J connectivity index is 1.53. The first-order chi connectivity index (χ1) is 11.5. The van der Waals surface area contributed by atoms with Crippen molar-refractivity contribution in [1.82, 2.24) is 5.32 Å². The fraction of sp³-hybridized carbons (Fsp3) is 0.211. The molecule has 1 unspecified atom stereocenters. The Morgan fingerprint density at radius 2 is 1.96 bits per heavy atom. The van der Waals surface area contributed by atoms with Crippen LogP contribution in [0, 0.1) is 0 Å². The SMILES string of the molecule is CC(O)(CNC(=O)CSc1ccc2ccccc2c1)c1ccco1. The highest BCUT2D eigenvalue weighted by Crippen LogP contribution is 2.24. The lowest BCUT2D eigenvalue weighted by Gasteiger charge is -2.21. The van der Waals surface area contributed by atoms with E-state index in [9.17, 15) is 9.90 Å². The second kappa shape index (κ2) is 7.11. The Bertz CT molecular complexity index is 828. The maximum absolute atomic E-state index is 12.0. The average Bonchev–Trinajstić information content (AvgIpc) is 3.13. The van der Waals surface area contributed by atoms with Gasteiger partial charge in [-0.05, 0) is 42.0 Å². The lowest BCUT2D eigenvalue weighted by molar-refractivity contribution is -0.119. The second-order valence-corrected chi connectivity index (χ2v) is 6.87. The summed E-state index contributed by atoms with van der Waals surface area (Å²) in [5.41, 5.74) is -1.22. The molecule has 1 heterocycles. The molecule has 0 radical (unpaired) electrons. The molecule has 0 bridgehead atoms. The summed E-state index contributed by atoms with van der Waals surface area (Å²) in [4.78, 5) is 13.1. The van der Waals surface area contributed by atoms with Gasteiger partial charge in [-0.3, -0.25) is 4.79 Å². The molecule has 124 valence electrons. The number of carbonyl (C=O) groups excluding carboxylic acids is 1. The fourth-order valence-corrected chi connectivity index (χ4v) is 3.17. The van der Waals surface area contributed by atoms with Crippen molar-refractivity contribution in [2.45, 2.75) is 17.4 Å². The highest BCUT2D eigenvalue weighted by Gasteiger charge is 2.26. The normalized spacial score (nSPS) is 13.6. The van der Waals surface area contributed by atoms with Crippen molar-refractivity contribution in [3.05, 3.63) is 66.6 Å². The minimum absolute atomic E-state index is 0.109. The molecule has 0 aliphatic heterocycles. The number of thioether (sulfide) groups is 1. The van der Waals surface area contributed by atoms with E-state index in [4.69, 9.17) is 4.42 Å². The number of amides is 1. The first kappa shape index (κ1) is 16.6. The Morgan fingerprint density at radius 1 is 1.17 bits per heavy atom. The lowest BCUT2D eigenvalue weighted by Crippen LogP contribution is -2.39. The molecule has 0 saturated carbocycles. The van der Waals surface area contributed by atoms with Gasteiger partial charge in [0.05, 0.1) is 18.6 Å². The van der Waals surface area contributed by atoms with Crippen molar-refractivity contribution in [1.29, 1.82) is 0 Å². The molecule has 0 fully saturated rings. The first-order valence-electron chi connectivity index (χ1n) is 7.69. The topological polar surface area (TPSA) is 62.5 Å². The molecule has 3 rings (SSSR count). The summed E-state index contributed by atoms with van der Waals surface area (Å²) in [5.74, 6) is 0.608. The summed E-state index contributed by atoms with van der Waals surface area (Å²) in [6, 6.07) is 17.7. The standard InChI is InChI=1S/C19H19NO3S/c1-19(22,17-7-4-10-23-17)13-20-18(21)12-24-16-9-8-14-5-2-3-6-15(14)11-16/h2-11,22H,12-13H2,1H3,(H,20,21). The number of fused-ring (bicyclic) bond motifs is 1. The molecule has 0 spiro atoms. The van der Waals surface area contributed by atoms with Crippen LogP contribution in [0.15, 0.2) is 70.2 Å². The number of benzene rings is 2. The van der Waals surface area contributed by atoms with Crippen LogP contribution >= 0.6 is 11.8 Å². The lowest BCUT2D eigenvalue weighted by atomic mass is 10.0. The predicted molar refractivity (Wildman–Crippen MR) is 96.0 cm³/mol. The van der Waals surface area contributed by atoms with Crippen LogP contribution < -0.4 is 5.32 Å². The molecule has 24 heavy (non-hydrogen) atoms. The molecule has 0 aliphatic carbocycles. The van der Waals surface area contributed by atoms with Crippen LogP contribution in [0.4, 0.5) is 0 Å². The van der Waals surface area contributed by atoms with Crippen LogP contribution in [0.3, 0.4) is 0 Å². The molecule has 1 atom stereocenters. The van der Waals surface area contributed by atoms with Crippen molar-refractivity contribution in [3.63, 3.8) is 0 Å². The summed E-state index contributed by atoms with van der Waals surface area (Å²) in [7, 11) is 0. The molecule has 0 aliphatic rings. The number of hydrogen-bond donors (Lipinski definition) is 2. The summed E-state index contributed by atoms with van der Waals surface area (Å²) in [6.45, 7) is 1.72. The van der Waals surface area contributed by atoms with Gasteiger partial charge in [-0.15, -0.1) is 11.8 Å². The summed E-state index contributed by atoms with van der Waals surface area (Å²) >= 11 is 1.47. The minimum Gasteiger partial charge on any atom is -0.466 e. The zero-order valence-corrected chi connectivity index (χ0v) is 14.2.